The molecule has 1 heterocycles. The van der Waals surface area contributed by atoms with Crippen LogP contribution >= 0.6 is 0 Å². The lowest BCUT2D eigenvalue weighted by molar-refractivity contribution is 0.0819. The average Bonchev–Trinajstić information content (AvgIpc) is 2.77. The molecule has 0 bridgehead atoms. The van der Waals surface area contributed by atoms with Gasteiger partial charge in [0.15, 0.2) is 5.69 Å². The van der Waals surface area contributed by atoms with Gasteiger partial charge < -0.3 is 10.2 Å². The SMILES string of the molecule is CCCn1nc(C(=O)N(C)C)c2c1CC[C@@H](NC1CCCCCC1)C2. The van der Waals surface area contributed by atoms with Crippen molar-refractivity contribution in [3.05, 3.63) is 17.0 Å². The Morgan fingerprint density at radius 1 is 1.16 bits per heavy atom. The molecule has 1 amide bonds. The third-order valence-electron chi connectivity index (χ3n) is 5.72. The zero-order valence-electron chi connectivity index (χ0n) is 16.2. The van der Waals surface area contributed by atoms with E-state index in [4.69, 9.17) is 5.10 Å². The number of fused-ring (bicyclic) bond motifs is 1. The van der Waals surface area contributed by atoms with E-state index < -0.39 is 0 Å². The first kappa shape index (κ1) is 18.4. The van der Waals surface area contributed by atoms with Crippen LogP contribution in [0.1, 0.15) is 80.0 Å². The van der Waals surface area contributed by atoms with Crippen LogP contribution in [0.25, 0.3) is 0 Å². The third-order valence-corrected chi connectivity index (χ3v) is 5.72. The minimum absolute atomic E-state index is 0.0428. The smallest absolute Gasteiger partial charge is 0.274 e. The zero-order chi connectivity index (χ0) is 17.8. The molecule has 0 radical (unpaired) electrons. The number of aryl methyl sites for hydroxylation is 1. The van der Waals surface area contributed by atoms with E-state index in [1.54, 1.807) is 4.90 Å². The molecule has 2 aliphatic carbocycles. The van der Waals surface area contributed by atoms with E-state index in [0.29, 0.717) is 17.8 Å². The Kier molecular flexibility index (Phi) is 6.15. The molecule has 0 unspecified atom stereocenters. The molecule has 1 atom stereocenters. The Morgan fingerprint density at radius 3 is 2.52 bits per heavy atom. The van der Waals surface area contributed by atoms with Crippen molar-refractivity contribution in [3.8, 4) is 0 Å². The molecular weight excluding hydrogens is 312 g/mol. The molecule has 1 aromatic heterocycles. The van der Waals surface area contributed by atoms with Gasteiger partial charge in [-0.1, -0.05) is 32.6 Å². The van der Waals surface area contributed by atoms with E-state index >= 15 is 0 Å². The predicted molar refractivity (Wildman–Crippen MR) is 101 cm³/mol. The van der Waals surface area contributed by atoms with E-state index in [9.17, 15) is 4.79 Å². The van der Waals surface area contributed by atoms with Gasteiger partial charge in [-0.25, -0.2) is 0 Å². The van der Waals surface area contributed by atoms with E-state index in [1.807, 2.05) is 14.1 Å². The molecule has 0 aliphatic heterocycles. The lowest BCUT2D eigenvalue weighted by Crippen LogP contribution is -2.42. The molecule has 1 N–H and O–H groups in total. The average molecular weight is 347 g/mol. The maximum Gasteiger partial charge on any atom is 0.274 e. The summed E-state index contributed by atoms with van der Waals surface area (Å²) in [6, 6.07) is 1.15. The van der Waals surface area contributed by atoms with E-state index in [1.165, 1.54) is 49.8 Å². The number of hydrogen-bond acceptors (Lipinski definition) is 3. The van der Waals surface area contributed by atoms with Crippen molar-refractivity contribution in [2.24, 2.45) is 0 Å². The minimum atomic E-state index is 0.0428. The highest BCUT2D eigenvalue weighted by molar-refractivity contribution is 5.93. The number of nitrogens with one attached hydrogen (secondary N) is 1. The number of rotatable bonds is 5. The summed E-state index contributed by atoms with van der Waals surface area (Å²) in [7, 11) is 3.63. The van der Waals surface area contributed by atoms with Crippen molar-refractivity contribution >= 4 is 5.91 Å². The van der Waals surface area contributed by atoms with Gasteiger partial charge in [-0.05, 0) is 38.5 Å². The van der Waals surface area contributed by atoms with E-state index in [2.05, 4.69) is 16.9 Å². The summed E-state index contributed by atoms with van der Waals surface area (Å²) in [6.45, 7) is 3.07. The number of hydrogen-bond donors (Lipinski definition) is 1. The second kappa shape index (κ2) is 8.35. The van der Waals surface area contributed by atoms with Gasteiger partial charge in [0.1, 0.15) is 0 Å². The van der Waals surface area contributed by atoms with Crippen molar-refractivity contribution < 1.29 is 4.79 Å². The van der Waals surface area contributed by atoms with Gasteiger partial charge in [-0.2, -0.15) is 5.10 Å². The molecule has 2 aliphatic rings. The fourth-order valence-electron chi connectivity index (χ4n) is 4.39. The van der Waals surface area contributed by atoms with Crippen molar-refractivity contribution in [1.82, 2.24) is 20.0 Å². The lowest BCUT2D eigenvalue weighted by atomic mass is 9.90. The quantitative estimate of drug-likeness (QED) is 0.833. The van der Waals surface area contributed by atoms with Crippen LogP contribution in [0.4, 0.5) is 0 Å². The van der Waals surface area contributed by atoms with Crippen LogP contribution in [0.3, 0.4) is 0 Å². The first-order valence-electron chi connectivity index (χ1n) is 10.2. The van der Waals surface area contributed by atoms with Crippen LogP contribution in [0, 0.1) is 0 Å². The van der Waals surface area contributed by atoms with Crippen molar-refractivity contribution in [2.75, 3.05) is 14.1 Å². The molecule has 0 spiro atoms. The first-order valence-corrected chi connectivity index (χ1v) is 10.2. The van der Waals surface area contributed by atoms with E-state index in [-0.39, 0.29) is 5.91 Å². The van der Waals surface area contributed by atoms with Gasteiger partial charge in [0.2, 0.25) is 0 Å². The molecule has 0 aromatic carbocycles. The Balaban J connectivity index is 1.77. The largest absolute Gasteiger partial charge is 0.343 e. The van der Waals surface area contributed by atoms with Gasteiger partial charge in [-0.15, -0.1) is 0 Å². The third kappa shape index (κ3) is 4.25. The summed E-state index contributed by atoms with van der Waals surface area (Å²) in [4.78, 5) is 14.3. The Labute approximate surface area is 152 Å². The molecule has 5 heteroatoms. The lowest BCUT2D eigenvalue weighted by Gasteiger charge is -2.29. The topological polar surface area (TPSA) is 50.2 Å². The number of amides is 1. The Hall–Kier alpha value is -1.36. The fourth-order valence-corrected chi connectivity index (χ4v) is 4.39. The number of nitrogens with zero attached hydrogens (tertiary/aromatic N) is 3. The summed E-state index contributed by atoms with van der Waals surface area (Å²) in [5.41, 5.74) is 3.18. The summed E-state index contributed by atoms with van der Waals surface area (Å²) in [5, 5.41) is 8.61. The highest BCUT2D eigenvalue weighted by Gasteiger charge is 2.30. The van der Waals surface area contributed by atoms with Crippen molar-refractivity contribution in [3.63, 3.8) is 0 Å². The monoisotopic (exact) mass is 346 g/mol. The molecule has 25 heavy (non-hydrogen) atoms. The number of aromatic nitrogens is 2. The zero-order valence-corrected chi connectivity index (χ0v) is 16.2. The van der Waals surface area contributed by atoms with Gasteiger partial charge in [0.25, 0.3) is 5.91 Å². The summed E-state index contributed by atoms with van der Waals surface area (Å²) in [5.74, 6) is 0.0428. The summed E-state index contributed by atoms with van der Waals surface area (Å²) >= 11 is 0. The Morgan fingerprint density at radius 2 is 1.88 bits per heavy atom. The molecule has 0 saturated heterocycles. The van der Waals surface area contributed by atoms with Gasteiger partial charge in [0, 0.05) is 44.0 Å². The molecule has 1 saturated carbocycles. The fraction of sp³-hybridized carbons (Fsp3) is 0.800. The van der Waals surface area contributed by atoms with Gasteiger partial charge in [-0.3, -0.25) is 9.48 Å². The normalized spacial score (nSPS) is 21.6. The van der Waals surface area contributed by atoms with Crippen LogP contribution in [0.2, 0.25) is 0 Å². The van der Waals surface area contributed by atoms with Crippen molar-refractivity contribution in [2.45, 2.75) is 89.8 Å². The first-order chi connectivity index (χ1) is 12.1. The van der Waals surface area contributed by atoms with Crippen LogP contribution in [0.5, 0.6) is 0 Å². The number of carbonyl (C=O) groups is 1. The van der Waals surface area contributed by atoms with Gasteiger partial charge >= 0.3 is 0 Å². The van der Waals surface area contributed by atoms with Gasteiger partial charge in [0.05, 0.1) is 0 Å². The van der Waals surface area contributed by atoms with Crippen LogP contribution < -0.4 is 5.32 Å². The molecule has 1 aromatic rings. The Bertz CT molecular complexity index is 585. The van der Waals surface area contributed by atoms with Crippen LogP contribution in [0.15, 0.2) is 0 Å². The standard InChI is InChI=1S/C20H34N4O/c1-4-13-24-18-12-11-16(21-15-9-7-5-6-8-10-15)14-17(18)19(22-24)20(25)23(2)3/h15-16,21H,4-14H2,1-3H3/t16-/m1/s1. The highest BCUT2D eigenvalue weighted by Crippen LogP contribution is 2.27. The van der Waals surface area contributed by atoms with E-state index in [0.717, 1.165) is 32.2 Å². The minimum Gasteiger partial charge on any atom is -0.343 e. The predicted octanol–water partition coefficient (Wildman–Crippen LogP) is 3.16. The molecule has 140 valence electrons. The molecular formula is C20H34N4O. The second-order valence-corrected chi connectivity index (χ2v) is 7.99. The van der Waals surface area contributed by atoms with Crippen LogP contribution in [-0.4, -0.2) is 46.8 Å². The highest BCUT2D eigenvalue weighted by atomic mass is 16.2. The van der Waals surface area contributed by atoms with Crippen LogP contribution in [-0.2, 0) is 19.4 Å². The maximum absolute atomic E-state index is 12.6. The summed E-state index contributed by atoms with van der Waals surface area (Å²) in [6.07, 6.45) is 12.3. The molecule has 3 rings (SSSR count). The number of carbonyl (C=O) groups excluding carboxylic acids is 1. The molecule has 1 fully saturated rings. The second-order valence-electron chi connectivity index (χ2n) is 7.99. The molecule has 5 nitrogen and oxygen atoms in total. The van der Waals surface area contributed by atoms with Crippen molar-refractivity contribution in [1.29, 1.82) is 0 Å². The maximum atomic E-state index is 12.6. The summed E-state index contributed by atoms with van der Waals surface area (Å²) < 4.78 is 2.09.